The molecule has 1 aromatic heterocycles. The summed E-state index contributed by atoms with van der Waals surface area (Å²) in [5, 5.41) is 12.7. The number of benzene rings is 1. The van der Waals surface area contributed by atoms with Crippen molar-refractivity contribution in [3.05, 3.63) is 35.5 Å². The molecule has 2 aromatic rings. The van der Waals surface area contributed by atoms with Gasteiger partial charge in [0, 0.05) is 0 Å². The zero-order chi connectivity index (χ0) is 25.1. The fourth-order valence-corrected chi connectivity index (χ4v) is 9.51. The van der Waals surface area contributed by atoms with Crippen LogP contribution in [0.2, 0.25) is 14.8 Å². The van der Waals surface area contributed by atoms with Gasteiger partial charge in [0.15, 0.2) is 0 Å². The van der Waals surface area contributed by atoms with E-state index in [-0.39, 0.29) is 21.7 Å². The van der Waals surface area contributed by atoms with Gasteiger partial charge in [-0.25, -0.2) is 4.79 Å². The number of carbonyl (C=O) groups is 1. The summed E-state index contributed by atoms with van der Waals surface area (Å²) in [6, 6.07) is 6.12. The minimum atomic E-state index is -4.47. The molecule has 35 heavy (non-hydrogen) atoms. The number of hydrogen-bond acceptors (Lipinski definition) is 5. The first-order valence-electron chi connectivity index (χ1n) is 12.0. The van der Waals surface area contributed by atoms with Gasteiger partial charge in [-0.2, -0.15) is 0 Å². The number of anilines is 3. The third kappa shape index (κ3) is 4.90. The summed E-state index contributed by atoms with van der Waals surface area (Å²) in [7, 11) is 0. The fourth-order valence-electron chi connectivity index (χ4n) is 5.36. The van der Waals surface area contributed by atoms with Crippen LogP contribution in [0.15, 0.2) is 24.4 Å². The van der Waals surface area contributed by atoms with Crippen LogP contribution in [0.25, 0.3) is 0 Å². The summed E-state index contributed by atoms with van der Waals surface area (Å²) < 4.78 is 40.8. The van der Waals surface area contributed by atoms with Crippen LogP contribution in [0.1, 0.15) is 42.7 Å². The van der Waals surface area contributed by atoms with Gasteiger partial charge in [0.2, 0.25) is 0 Å². The van der Waals surface area contributed by atoms with E-state index >= 15 is 0 Å². The number of nitrogens with one attached hydrogen (secondary N) is 1. The first-order valence-corrected chi connectivity index (χ1v) is 22.0. The Labute approximate surface area is 206 Å². The van der Waals surface area contributed by atoms with Gasteiger partial charge in [-0.3, -0.25) is 0 Å². The summed E-state index contributed by atoms with van der Waals surface area (Å²) in [6.45, 7) is 1.34. The van der Waals surface area contributed by atoms with Crippen LogP contribution in [0.3, 0.4) is 0 Å². The second-order valence-corrected chi connectivity index (χ2v) is 25.0. The average molecular weight is 596 g/mol. The monoisotopic (exact) mass is 597 g/mol. The molecule has 2 N–H and O–H groups in total. The van der Waals surface area contributed by atoms with Gasteiger partial charge in [-0.05, 0) is 0 Å². The van der Waals surface area contributed by atoms with Crippen molar-refractivity contribution in [2.45, 2.75) is 64.7 Å². The molecule has 2 atom stereocenters. The van der Waals surface area contributed by atoms with E-state index in [1.54, 1.807) is 4.90 Å². The molecule has 1 amide bonds. The normalized spacial score (nSPS) is 22.5. The fraction of sp³-hybridized carbons (Fsp3) is 0.542. The van der Waals surface area contributed by atoms with Crippen molar-refractivity contribution in [1.29, 1.82) is 0 Å². The number of rotatable bonds is 5. The number of nitrogens with zero attached hydrogens (tertiary/aromatic N) is 4. The molecule has 0 radical (unpaired) electrons. The number of hydrogen-bond donors (Lipinski definition) is 2. The van der Waals surface area contributed by atoms with Gasteiger partial charge in [-0.15, -0.1) is 0 Å². The summed E-state index contributed by atoms with van der Waals surface area (Å²) in [5.74, 6) is 0.590. The third-order valence-corrected chi connectivity index (χ3v) is 12.3. The van der Waals surface area contributed by atoms with Crippen molar-refractivity contribution in [2.75, 3.05) is 23.3 Å². The zero-order valence-corrected chi connectivity index (χ0v) is 22.9. The van der Waals surface area contributed by atoms with E-state index in [1.165, 1.54) is 0 Å². The maximum absolute atomic E-state index is 13.6. The van der Waals surface area contributed by atoms with Gasteiger partial charge >= 0.3 is 197 Å². The van der Waals surface area contributed by atoms with Gasteiger partial charge in [0.05, 0.1) is 0 Å². The standard InChI is InChI=1S/C21H21F3N5O2.3CH3.Sn/c22-21(23,24)13-8-25-19(26-9-13)27-18-6-5-14(7-17(18)12-1-2-12)28-10-15-3-4-16(11-28)29(15)20(30)31;;;;/h5-8,12,15-16H,1-4,10-11H2,(H,30,31)(H,25,26,27);3*1H3;/t15-,16+;;;;. The molecule has 11 heteroatoms. The molecule has 1 saturated carbocycles. The first kappa shape index (κ1) is 24.5. The van der Waals surface area contributed by atoms with Crippen LogP contribution >= 0.6 is 0 Å². The van der Waals surface area contributed by atoms with E-state index in [1.807, 2.05) is 27.0 Å². The van der Waals surface area contributed by atoms with E-state index < -0.39 is 36.2 Å². The number of piperazine rings is 1. The topological polar surface area (TPSA) is 81.6 Å². The van der Waals surface area contributed by atoms with Crippen molar-refractivity contribution in [3.8, 4) is 0 Å². The van der Waals surface area contributed by atoms with Crippen LogP contribution in [0, 0.1) is 0 Å². The maximum atomic E-state index is 13.6. The quantitative estimate of drug-likeness (QED) is 0.474. The number of amides is 1. The van der Waals surface area contributed by atoms with Crippen LogP contribution in [0.5, 0.6) is 0 Å². The zero-order valence-electron chi connectivity index (χ0n) is 20.1. The second-order valence-electron chi connectivity index (χ2n) is 10.9. The van der Waals surface area contributed by atoms with Crippen molar-refractivity contribution >= 4 is 45.5 Å². The Bertz CT molecular complexity index is 1130. The van der Waals surface area contributed by atoms with Crippen molar-refractivity contribution in [1.82, 2.24) is 14.9 Å². The molecule has 0 spiro atoms. The van der Waals surface area contributed by atoms with Crippen molar-refractivity contribution in [3.63, 3.8) is 0 Å². The van der Waals surface area contributed by atoms with Crippen LogP contribution < -0.4 is 13.9 Å². The molecule has 2 bridgehead atoms. The van der Waals surface area contributed by atoms with E-state index in [0.717, 1.165) is 48.8 Å². The van der Waals surface area contributed by atoms with Crippen LogP contribution in [-0.2, 0) is 6.18 Å². The Kier molecular flexibility index (Phi) is 6.08. The summed E-state index contributed by atoms with van der Waals surface area (Å²) in [5.41, 5.74) is 2.26. The molecule has 2 aliphatic heterocycles. The molecule has 7 nitrogen and oxygen atoms in total. The molecular formula is C24H30F3N5O2Sn. The first-order chi connectivity index (χ1) is 16.4. The Morgan fingerprint density at radius 2 is 1.77 bits per heavy atom. The van der Waals surface area contributed by atoms with E-state index in [9.17, 15) is 23.1 Å². The second kappa shape index (κ2) is 8.70. The van der Waals surface area contributed by atoms with E-state index in [2.05, 4.69) is 26.3 Å². The summed E-state index contributed by atoms with van der Waals surface area (Å²) in [6.07, 6.45) is -0.504. The minimum absolute atomic E-state index is 0.0103. The molecule has 3 aliphatic rings. The number of aromatic nitrogens is 2. The van der Waals surface area contributed by atoms with Crippen molar-refractivity contribution in [2.24, 2.45) is 0 Å². The molecule has 1 aromatic carbocycles. The van der Waals surface area contributed by atoms with Crippen LogP contribution in [0.4, 0.5) is 35.3 Å². The third-order valence-electron chi connectivity index (χ3n) is 7.17. The average Bonchev–Trinajstić information content (AvgIpc) is 3.57. The van der Waals surface area contributed by atoms with Gasteiger partial charge in [0.25, 0.3) is 0 Å². The van der Waals surface area contributed by atoms with Gasteiger partial charge in [-0.1, -0.05) is 0 Å². The summed E-state index contributed by atoms with van der Waals surface area (Å²) >= 11 is -3.18. The number of carboxylic acid groups (broad SMARTS) is 1. The predicted molar refractivity (Wildman–Crippen MR) is 131 cm³/mol. The molecule has 5 rings (SSSR count). The Morgan fingerprint density at radius 3 is 2.31 bits per heavy atom. The van der Waals surface area contributed by atoms with Crippen molar-refractivity contribution < 1.29 is 23.1 Å². The summed E-state index contributed by atoms with van der Waals surface area (Å²) in [4.78, 5) is 29.6. The molecular weight excluding hydrogens is 566 g/mol. The molecule has 188 valence electrons. The number of halogens is 3. The Morgan fingerprint density at radius 1 is 1.11 bits per heavy atom. The number of fused-ring (bicyclic) bond motifs is 2. The predicted octanol–water partition coefficient (Wildman–Crippen LogP) is 4.99. The molecule has 3 heterocycles. The SMILES string of the molecule is [CH3][Sn]([CH3])([CH3])[c]1nc(Nc2ccc(N3C[C@H]4CC[C@@H](C3)N4C(=O)O)cc2C2CC2)ncc1C(F)(F)F. The van der Waals surface area contributed by atoms with E-state index in [4.69, 9.17) is 0 Å². The van der Waals surface area contributed by atoms with Crippen LogP contribution in [-0.4, -0.2) is 69.6 Å². The molecule has 2 saturated heterocycles. The molecule has 0 unspecified atom stereocenters. The molecule has 3 fully saturated rings. The van der Waals surface area contributed by atoms with Gasteiger partial charge in [0.1, 0.15) is 0 Å². The Hall–Kier alpha value is -2.24. The Balaban J connectivity index is 1.42. The molecule has 1 aliphatic carbocycles. The van der Waals surface area contributed by atoms with E-state index in [0.29, 0.717) is 19.0 Å². The number of alkyl halides is 3. The van der Waals surface area contributed by atoms with Gasteiger partial charge < -0.3 is 5.11 Å².